The molecule has 0 aromatic carbocycles. The van der Waals surface area contributed by atoms with E-state index in [1.165, 1.54) is 6.07 Å². The summed E-state index contributed by atoms with van der Waals surface area (Å²) in [5.74, 6) is 0.958. The summed E-state index contributed by atoms with van der Waals surface area (Å²) in [7, 11) is 1.68. The third kappa shape index (κ3) is 5.40. The SMILES string of the molecule is CCNc1ccc([N+](=O)[O-])c(NCCCCCOC)n1. The number of nitro groups is 1. The minimum atomic E-state index is -0.421. The Morgan fingerprint density at radius 1 is 1.30 bits per heavy atom. The van der Waals surface area contributed by atoms with Crippen LogP contribution in [0.25, 0.3) is 0 Å². The summed E-state index contributed by atoms with van der Waals surface area (Å²) < 4.78 is 4.97. The van der Waals surface area contributed by atoms with Crippen LogP contribution in [-0.4, -0.2) is 36.7 Å². The molecule has 0 aliphatic heterocycles. The van der Waals surface area contributed by atoms with E-state index in [9.17, 15) is 10.1 Å². The third-order valence-electron chi connectivity index (χ3n) is 2.75. The molecule has 0 radical (unpaired) electrons. The van der Waals surface area contributed by atoms with Gasteiger partial charge in [0.15, 0.2) is 0 Å². The highest BCUT2D eigenvalue weighted by Gasteiger charge is 2.15. The summed E-state index contributed by atoms with van der Waals surface area (Å²) in [4.78, 5) is 14.8. The zero-order valence-electron chi connectivity index (χ0n) is 12.0. The molecule has 20 heavy (non-hydrogen) atoms. The Labute approximate surface area is 118 Å². The lowest BCUT2D eigenvalue weighted by Gasteiger charge is -2.08. The maximum atomic E-state index is 11.0. The summed E-state index contributed by atoms with van der Waals surface area (Å²) in [5, 5.41) is 17.0. The number of ether oxygens (including phenoxy) is 1. The number of nitrogens with zero attached hydrogens (tertiary/aromatic N) is 2. The van der Waals surface area contributed by atoms with Gasteiger partial charge in [0.25, 0.3) is 0 Å². The second kappa shape index (κ2) is 9.08. The van der Waals surface area contributed by atoms with Crippen LogP contribution < -0.4 is 10.6 Å². The topological polar surface area (TPSA) is 89.3 Å². The molecule has 2 N–H and O–H groups in total. The average Bonchev–Trinajstić information content (AvgIpc) is 2.43. The first-order valence-electron chi connectivity index (χ1n) is 6.81. The van der Waals surface area contributed by atoms with Crippen molar-refractivity contribution in [3.63, 3.8) is 0 Å². The Morgan fingerprint density at radius 3 is 2.75 bits per heavy atom. The number of nitrogens with one attached hydrogen (secondary N) is 2. The van der Waals surface area contributed by atoms with Gasteiger partial charge < -0.3 is 15.4 Å². The average molecular weight is 282 g/mol. The van der Waals surface area contributed by atoms with E-state index in [0.717, 1.165) is 32.4 Å². The molecule has 0 fully saturated rings. The van der Waals surface area contributed by atoms with E-state index in [2.05, 4.69) is 15.6 Å². The molecule has 0 bridgehead atoms. The lowest BCUT2D eigenvalue weighted by atomic mass is 10.2. The summed E-state index contributed by atoms with van der Waals surface area (Å²) in [5.41, 5.74) is 0.00328. The third-order valence-corrected chi connectivity index (χ3v) is 2.75. The van der Waals surface area contributed by atoms with E-state index in [-0.39, 0.29) is 5.69 Å². The molecule has 0 aliphatic rings. The molecule has 0 unspecified atom stereocenters. The smallest absolute Gasteiger partial charge is 0.311 e. The van der Waals surface area contributed by atoms with Crippen LogP contribution in [0.2, 0.25) is 0 Å². The largest absolute Gasteiger partial charge is 0.385 e. The van der Waals surface area contributed by atoms with Crippen LogP contribution in [-0.2, 0) is 4.74 Å². The van der Waals surface area contributed by atoms with Crippen LogP contribution in [0.1, 0.15) is 26.2 Å². The number of pyridine rings is 1. The number of hydrogen-bond donors (Lipinski definition) is 2. The number of methoxy groups -OCH3 is 1. The fourth-order valence-corrected chi connectivity index (χ4v) is 1.76. The van der Waals surface area contributed by atoms with Crippen molar-refractivity contribution in [2.45, 2.75) is 26.2 Å². The molecule has 7 nitrogen and oxygen atoms in total. The molecule has 1 heterocycles. The Hall–Kier alpha value is -1.89. The van der Waals surface area contributed by atoms with Crippen molar-refractivity contribution < 1.29 is 9.66 Å². The van der Waals surface area contributed by atoms with Gasteiger partial charge in [-0.15, -0.1) is 0 Å². The number of rotatable bonds is 10. The lowest BCUT2D eigenvalue weighted by Crippen LogP contribution is -2.08. The zero-order chi connectivity index (χ0) is 14.8. The van der Waals surface area contributed by atoms with Crippen LogP contribution in [0, 0.1) is 10.1 Å². The Bertz CT molecular complexity index is 426. The molecule has 1 aromatic heterocycles. The molecule has 0 saturated carbocycles. The molecule has 0 saturated heterocycles. The molecule has 0 aliphatic carbocycles. The van der Waals surface area contributed by atoms with Crippen molar-refractivity contribution in [1.29, 1.82) is 0 Å². The van der Waals surface area contributed by atoms with Crippen molar-refractivity contribution in [1.82, 2.24) is 4.98 Å². The summed E-state index contributed by atoms with van der Waals surface area (Å²) in [6, 6.07) is 3.09. The van der Waals surface area contributed by atoms with Gasteiger partial charge in [-0.2, -0.15) is 0 Å². The molecule has 0 atom stereocenters. The van der Waals surface area contributed by atoms with Crippen LogP contribution >= 0.6 is 0 Å². The van der Waals surface area contributed by atoms with Crippen LogP contribution in [0.15, 0.2) is 12.1 Å². The molecular formula is C13H22N4O3. The zero-order valence-corrected chi connectivity index (χ0v) is 12.0. The standard InChI is InChI=1S/C13H22N4O3/c1-3-14-12-8-7-11(17(18)19)13(16-12)15-9-5-4-6-10-20-2/h7-8H,3-6,9-10H2,1-2H3,(H2,14,15,16). The van der Waals surface area contributed by atoms with Gasteiger partial charge in [-0.3, -0.25) is 10.1 Å². The van der Waals surface area contributed by atoms with Crippen LogP contribution in [0.5, 0.6) is 0 Å². The number of aromatic nitrogens is 1. The molecular weight excluding hydrogens is 260 g/mol. The van der Waals surface area contributed by atoms with Crippen molar-refractivity contribution >= 4 is 17.3 Å². The highest BCUT2D eigenvalue weighted by atomic mass is 16.6. The number of anilines is 2. The molecule has 1 aromatic rings. The maximum Gasteiger partial charge on any atom is 0.311 e. The minimum absolute atomic E-state index is 0.00328. The fourth-order valence-electron chi connectivity index (χ4n) is 1.76. The van der Waals surface area contributed by atoms with E-state index in [0.29, 0.717) is 18.2 Å². The van der Waals surface area contributed by atoms with Crippen LogP contribution in [0.4, 0.5) is 17.3 Å². The van der Waals surface area contributed by atoms with E-state index < -0.39 is 4.92 Å². The van der Waals surface area contributed by atoms with Gasteiger partial charge in [-0.1, -0.05) is 0 Å². The Kier molecular flexibility index (Phi) is 7.34. The second-order valence-corrected chi connectivity index (χ2v) is 4.33. The second-order valence-electron chi connectivity index (χ2n) is 4.33. The monoisotopic (exact) mass is 282 g/mol. The van der Waals surface area contributed by atoms with Gasteiger partial charge in [0.05, 0.1) is 4.92 Å². The quantitative estimate of drug-likeness (QED) is 0.389. The first kappa shape index (κ1) is 16.2. The van der Waals surface area contributed by atoms with Crippen molar-refractivity contribution in [3.05, 3.63) is 22.2 Å². The first-order valence-corrected chi connectivity index (χ1v) is 6.81. The van der Waals surface area contributed by atoms with E-state index in [1.54, 1.807) is 13.2 Å². The van der Waals surface area contributed by atoms with Gasteiger partial charge in [-0.05, 0) is 32.3 Å². The molecule has 1 rings (SSSR count). The molecule has 0 spiro atoms. The molecule has 112 valence electrons. The van der Waals surface area contributed by atoms with Gasteiger partial charge in [0.2, 0.25) is 5.82 Å². The number of hydrogen-bond acceptors (Lipinski definition) is 6. The normalized spacial score (nSPS) is 10.3. The summed E-state index contributed by atoms with van der Waals surface area (Å²) >= 11 is 0. The van der Waals surface area contributed by atoms with E-state index in [1.807, 2.05) is 6.92 Å². The van der Waals surface area contributed by atoms with Gasteiger partial charge in [0, 0.05) is 32.9 Å². The highest BCUT2D eigenvalue weighted by Crippen LogP contribution is 2.23. The minimum Gasteiger partial charge on any atom is -0.385 e. The highest BCUT2D eigenvalue weighted by molar-refractivity contribution is 5.60. The first-order chi connectivity index (χ1) is 9.69. The van der Waals surface area contributed by atoms with Gasteiger partial charge >= 0.3 is 5.69 Å². The lowest BCUT2D eigenvalue weighted by molar-refractivity contribution is -0.384. The molecule has 0 amide bonds. The van der Waals surface area contributed by atoms with Crippen molar-refractivity contribution in [3.8, 4) is 0 Å². The van der Waals surface area contributed by atoms with Gasteiger partial charge in [-0.25, -0.2) is 4.98 Å². The fraction of sp³-hybridized carbons (Fsp3) is 0.615. The number of unbranched alkanes of at least 4 members (excludes halogenated alkanes) is 2. The summed E-state index contributed by atoms with van der Waals surface area (Å²) in [6.07, 6.45) is 2.93. The molecule has 7 heteroatoms. The van der Waals surface area contributed by atoms with Crippen molar-refractivity contribution in [2.75, 3.05) is 37.4 Å². The van der Waals surface area contributed by atoms with Gasteiger partial charge in [0.1, 0.15) is 5.82 Å². The maximum absolute atomic E-state index is 11.0. The Morgan fingerprint density at radius 2 is 2.10 bits per heavy atom. The van der Waals surface area contributed by atoms with Crippen molar-refractivity contribution in [2.24, 2.45) is 0 Å². The predicted octanol–water partition coefficient (Wildman–Crippen LogP) is 2.65. The van der Waals surface area contributed by atoms with E-state index in [4.69, 9.17) is 4.74 Å². The van der Waals surface area contributed by atoms with E-state index >= 15 is 0 Å². The van der Waals surface area contributed by atoms with Crippen LogP contribution in [0.3, 0.4) is 0 Å². The summed E-state index contributed by atoms with van der Waals surface area (Å²) in [6.45, 7) is 4.08. The Balaban J connectivity index is 2.56. The predicted molar refractivity (Wildman–Crippen MR) is 79.3 cm³/mol.